The number of nitrogens with zero attached hydrogens (tertiary/aromatic N) is 2. The van der Waals surface area contributed by atoms with E-state index in [1.807, 2.05) is 0 Å². The zero-order valence-corrected chi connectivity index (χ0v) is 13.4. The van der Waals surface area contributed by atoms with Gasteiger partial charge in [-0.25, -0.2) is 4.98 Å². The molecule has 2 aromatic rings. The number of hydrogen-bond acceptors (Lipinski definition) is 2. The molecule has 2 heterocycles. The Bertz CT molecular complexity index is 611. The van der Waals surface area contributed by atoms with Crippen molar-refractivity contribution in [3.05, 3.63) is 36.0 Å². The Morgan fingerprint density at radius 1 is 1.24 bits per heavy atom. The normalized spacial score (nSPS) is 19.7. The Hall–Kier alpha value is -1.28. The van der Waals surface area contributed by atoms with Crippen LogP contribution < -0.4 is 4.90 Å². The molecular weight excluding hydrogens is 280 g/mol. The first kappa shape index (κ1) is 14.6. The number of hydrogen-bond donors (Lipinski definition) is 0. The van der Waals surface area contributed by atoms with Crippen LogP contribution in [0.4, 0.5) is 5.82 Å². The molecule has 2 nitrogen and oxygen atoms in total. The third-order valence-electron chi connectivity index (χ3n) is 4.53. The number of benzene rings is 1. The first-order valence-electron chi connectivity index (χ1n) is 8.04. The number of rotatable bonds is 3. The maximum atomic E-state index is 6.06. The molecule has 1 aromatic carbocycles. The molecule has 21 heavy (non-hydrogen) atoms. The quantitative estimate of drug-likeness (QED) is 0.730. The molecule has 3 heteroatoms. The van der Waals surface area contributed by atoms with Crippen LogP contribution in [0.25, 0.3) is 10.8 Å². The lowest BCUT2D eigenvalue weighted by Crippen LogP contribution is -2.35. The van der Waals surface area contributed by atoms with Crippen LogP contribution >= 0.6 is 11.6 Å². The van der Waals surface area contributed by atoms with Crippen LogP contribution in [0, 0.1) is 0 Å². The van der Waals surface area contributed by atoms with Gasteiger partial charge in [0, 0.05) is 18.0 Å². The van der Waals surface area contributed by atoms with Crippen LogP contribution in [0.1, 0.15) is 44.7 Å². The minimum Gasteiger partial charge on any atom is -0.353 e. The lowest BCUT2D eigenvalue weighted by molar-refractivity contribution is 0.553. The zero-order valence-electron chi connectivity index (χ0n) is 12.7. The fourth-order valence-corrected chi connectivity index (χ4v) is 3.54. The summed E-state index contributed by atoms with van der Waals surface area (Å²) in [5.41, 5.74) is 0.976. The van der Waals surface area contributed by atoms with Gasteiger partial charge in [0.2, 0.25) is 0 Å². The van der Waals surface area contributed by atoms with Crippen molar-refractivity contribution in [2.45, 2.75) is 50.9 Å². The van der Waals surface area contributed by atoms with Gasteiger partial charge in [-0.2, -0.15) is 0 Å². The number of anilines is 1. The first-order chi connectivity index (χ1) is 10.3. The van der Waals surface area contributed by atoms with Crippen molar-refractivity contribution in [2.24, 2.45) is 0 Å². The van der Waals surface area contributed by atoms with Gasteiger partial charge < -0.3 is 4.90 Å². The predicted octanol–water partition coefficient (Wildman–Crippen LogP) is 5.13. The topological polar surface area (TPSA) is 16.1 Å². The molecule has 1 atom stereocenters. The van der Waals surface area contributed by atoms with E-state index in [1.54, 1.807) is 0 Å². The second-order valence-electron chi connectivity index (χ2n) is 5.90. The van der Waals surface area contributed by atoms with E-state index in [0.29, 0.717) is 11.9 Å². The molecule has 0 aliphatic carbocycles. The van der Waals surface area contributed by atoms with Gasteiger partial charge in [0.05, 0.1) is 11.6 Å². The van der Waals surface area contributed by atoms with Crippen LogP contribution in [-0.4, -0.2) is 17.6 Å². The second-order valence-corrected chi connectivity index (χ2v) is 6.16. The van der Waals surface area contributed by atoms with Crippen LogP contribution in [0.15, 0.2) is 30.3 Å². The van der Waals surface area contributed by atoms with E-state index in [4.69, 9.17) is 16.6 Å². The minimum atomic E-state index is 0.475. The van der Waals surface area contributed by atoms with Gasteiger partial charge in [-0.3, -0.25) is 0 Å². The fraction of sp³-hybridized carbons (Fsp3) is 0.500. The van der Waals surface area contributed by atoms with Gasteiger partial charge in [0.25, 0.3) is 0 Å². The van der Waals surface area contributed by atoms with Crippen LogP contribution in [0.3, 0.4) is 0 Å². The van der Waals surface area contributed by atoms with E-state index < -0.39 is 0 Å². The molecule has 0 spiro atoms. The molecule has 1 saturated heterocycles. The molecule has 1 unspecified atom stereocenters. The summed E-state index contributed by atoms with van der Waals surface area (Å²) < 4.78 is 0. The van der Waals surface area contributed by atoms with E-state index in [9.17, 15) is 0 Å². The maximum absolute atomic E-state index is 6.06. The van der Waals surface area contributed by atoms with Gasteiger partial charge in [-0.05, 0) is 30.7 Å². The monoisotopic (exact) mass is 302 g/mol. The van der Waals surface area contributed by atoms with E-state index in [1.165, 1.54) is 42.9 Å². The highest BCUT2D eigenvalue weighted by molar-refractivity contribution is 6.17. The summed E-state index contributed by atoms with van der Waals surface area (Å²) in [6.45, 7) is 3.40. The Morgan fingerprint density at radius 2 is 2.10 bits per heavy atom. The smallest absolute Gasteiger partial charge is 0.137 e. The fourth-order valence-electron chi connectivity index (χ4n) is 3.40. The summed E-state index contributed by atoms with van der Waals surface area (Å²) in [5, 5.41) is 2.50. The third-order valence-corrected chi connectivity index (χ3v) is 4.80. The average molecular weight is 303 g/mol. The van der Waals surface area contributed by atoms with Crippen LogP contribution in [0.2, 0.25) is 0 Å². The van der Waals surface area contributed by atoms with E-state index in [2.05, 4.69) is 42.2 Å². The molecule has 1 aromatic heterocycles. The summed E-state index contributed by atoms with van der Waals surface area (Å²) >= 11 is 6.06. The molecule has 1 aliphatic heterocycles. The second kappa shape index (κ2) is 6.65. The lowest BCUT2D eigenvalue weighted by atomic mass is 10.1. The van der Waals surface area contributed by atoms with Crippen molar-refractivity contribution in [3.8, 4) is 0 Å². The third kappa shape index (κ3) is 3.01. The first-order valence-corrected chi connectivity index (χ1v) is 8.58. The highest BCUT2D eigenvalue weighted by Gasteiger charge is 2.22. The van der Waals surface area contributed by atoms with Crippen molar-refractivity contribution >= 4 is 28.2 Å². The Kier molecular flexibility index (Phi) is 4.64. The van der Waals surface area contributed by atoms with Gasteiger partial charge in [-0.15, -0.1) is 11.6 Å². The standard InChI is InChI=1S/C18H23ClN2/c1-2-16-9-4-3-7-11-21(16)18-17-10-6-5-8-14(17)12-15(13-19)20-18/h5-6,8,10,12,16H,2-4,7,9,11,13H2,1H3. The van der Waals surface area contributed by atoms with E-state index >= 15 is 0 Å². The average Bonchev–Trinajstić information content (AvgIpc) is 2.78. The van der Waals surface area contributed by atoms with Gasteiger partial charge in [0.15, 0.2) is 0 Å². The Balaban J connectivity index is 2.12. The number of alkyl halides is 1. The highest BCUT2D eigenvalue weighted by Crippen LogP contribution is 2.31. The van der Waals surface area contributed by atoms with E-state index in [0.717, 1.165) is 18.1 Å². The van der Waals surface area contributed by atoms with Gasteiger partial charge >= 0.3 is 0 Å². The molecule has 1 fully saturated rings. The molecule has 0 amide bonds. The summed E-state index contributed by atoms with van der Waals surface area (Å²) in [7, 11) is 0. The minimum absolute atomic E-state index is 0.475. The van der Waals surface area contributed by atoms with Crippen LogP contribution in [-0.2, 0) is 5.88 Å². The van der Waals surface area contributed by atoms with Crippen molar-refractivity contribution < 1.29 is 0 Å². The molecule has 112 valence electrons. The molecular formula is C18H23ClN2. The van der Waals surface area contributed by atoms with E-state index in [-0.39, 0.29) is 0 Å². The molecule has 0 radical (unpaired) electrons. The predicted molar refractivity (Wildman–Crippen MR) is 91.2 cm³/mol. The molecule has 0 N–H and O–H groups in total. The zero-order chi connectivity index (χ0) is 14.7. The maximum Gasteiger partial charge on any atom is 0.137 e. The Labute approximate surface area is 132 Å². The number of pyridine rings is 1. The molecule has 3 rings (SSSR count). The summed E-state index contributed by atoms with van der Waals surface area (Å²) in [6, 6.07) is 11.3. The number of halogens is 1. The van der Waals surface area contributed by atoms with Crippen molar-refractivity contribution in [1.29, 1.82) is 0 Å². The summed E-state index contributed by atoms with van der Waals surface area (Å²) in [6.07, 6.45) is 6.39. The number of aromatic nitrogens is 1. The highest BCUT2D eigenvalue weighted by atomic mass is 35.5. The van der Waals surface area contributed by atoms with Crippen molar-refractivity contribution in [1.82, 2.24) is 4.98 Å². The summed E-state index contributed by atoms with van der Waals surface area (Å²) in [5.74, 6) is 1.61. The Morgan fingerprint density at radius 3 is 2.90 bits per heavy atom. The lowest BCUT2D eigenvalue weighted by Gasteiger charge is -2.31. The van der Waals surface area contributed by atoms with Crippen LogP contribution in [0.5, 0.6) is 0 Å². The van der Waals surface area contributed by atoms with Gasteiger partial charge in [-0.1, -0.05) is 44.0 Å². The summed E-state index contributed by atoms with van der Waals surface area (Å²) in [4.78, 5) is 7.41. The SMILES string of the molecule is CCC1CCCCCN1c1nc(CCl)cc2ccccc12. The van der Waals surface area contributed by atoms with Crippen molar-refractivity contribution in [2.75, 3.05) is 11.4 Å². The molecule has 1 aliphatic rings. The molecule has 0 bridgehead atoms. The molecule has 0 saturated carbocycles. The largest absolute Gasteiger partial charge is 0.353 e. The van der Waals surface area contributed by atoms with Crippen molar-refractivity contribution in [3.63, 3.8) is 0 Å². The van der Waals surface area contributed by atoms with Gasteiger partial charge in [0.1, 0.15) is 5.82 Å². The number of fused-ring (bicyclic) bond motifs is 1.